The van der Waals surface area contributed by atoms with Crippen LogP contribution in [0.3, 0.4) is 0 Å². The molecule has 1 aromatic carbocycles. The van der Waals surface area contributed by atoms with Gasteiger partial charge in [0.2, 0.25) is 5.91 Å². The number of amides is 2. The molecule has 25 heavy (non-hydrogen) atoms. The molecule has 0 bridgehead atoms. The van der Waals surface area contributed by atoms with Gasteiger partial charge in [0.25, 0.3) is 5.91 Å². The largest absolute Gasteiger partial charge is 0.481 e. The first-order chi connectivity index (χ1) is 11.8. The molecule has 0 aromatic heterocycles. The van der Waals surface area contributed by atoms with E-state index in [1.165, 1.54) is 0 Å². The van der Waals surface area contributed by atoms with Crippen molar-refractivity contribution in [1.82, 2.24) is 10.6 Å². The molecule has 1 unspecified atom stereocenters. The molecule has 0 aliphatic heterocycles. The monoisotopic (exact) mass is 346 g/mol. The number of carboxylic acids is 1. The average Bonchev–Trinajstić information content (AvgIpc) is 3.01. The molecule has 0 radical (unpaired) electrons. The third-order valence-electron chi connectivity index (χ3n) is 4.68. The topological polar surface area (TPSA) is 95.5 Å². The van der Waals surface area contributed by atoms with E-state index < -0.39 is 17.9 Å². The van der Waals surface area contributed by atoms with E-state index in [0.717, 1.165) is 5.56 Å². The minimum Gasteiger partial charge on any atom is -0.481 e. The minimum absolute atomic E-state index is 0.0777. The van der Waals surface area contributed by atoms with Gasteiger partial charge in [-0.1, -0.05) is 31.5 Å². The maximum atomic E-state index is 12.6. The molecule has 0 heterocycles. The number of hydrogen-bond acceptors (Lipinski definition) is 3. The van der Waals surface area contributed by atoms with E-state index in [4.69, 9.17) is 5.11 Å². The van der Waals surface area contributed by atoms with Crippen molar-refractivity contribution in [2.75, 3.05) is 0 Å². The van der Waals surface area contributed by atoms with Crippen LogP contribution in [0.4, 0.5) is 0 Å². The van der Waals surface area contributed by atoms with E-state index in [0.29, 0.717) is 24.8 Å². The Morgan fingerprint density at radius 1 is 1.12 bits per heavy atom. The van der Waals surface area contributed by atoms with Crippen molar-refractivity contribution in [2.24, 2.45) is 11.8 Å². The van der Waals surface area contributed by atoms with E-state index in [-0.39, 0.29) is 23.8 Å². The van der Waals surface area contributed by atoms with Gasteiger partial charge in [0, 0.05) is 11.6 Å². The summed E-state index contributed by atoms with van der Waals surface area (Å²) in [4.78, 5) is 36.0. The lowest BCUT2D eigenvalue weighted by atomic mass is 10.0. The summed E-state index contributed by atoms with van der Waals surface area (Å²) >= 11 is 0. The van der Waals surface area contributed by atoms with Crippen LogP contribution in [0.5, 0.6) is 0 Å². The van der Waals surface area contributed by atoms with E-state index in [1.54, 1.807) is 12.1 Å². The zero-order valence-corrected chi connectivity index (χ0v) is 14.9. The fourth-order valence-corrected chi connectivity index (χ4v) is 3.09. The second-order valence-electron chi connectivity index (χ2n) is 7.11. The standard InChI is InChI=1S/C19H26N2O4/c1-11(2)16(21-17(22)13-6-4-12(3)5-7-13)18(23)20-15-9-8-14(10-15)19(24)25/h4-7,11,14-16H,8-10H2,1-3H3,(H,20,23)(H,21,22)(H,24,25)/t14-,15+,16?/m1/s1. The normalized spacial score (nSPS) is 21.0. The molecule has 1 aliphatic rings. The summed E-state index contributed by atoms with van der Waals surface area (Å²) in [6.07, 6.45) is 1.67. The summed E-state index contributed by atoms with van der Waals surface area (Å²) < 4.78 is 0. The Morgan fingerprint density at radius 2 is 1.76 bits per heavy atom. The molecule has 3 atom stereocenters. The second kappa shape index (κ2) is 8.14. The first kappa shape index (κ1) is 19.0. The van der Waals surface area contributed by atoms with Gasteiger partial charge >= 0.3 is 5.97 Å². The molecule has 6 nitrogen and oxygen atoms in total. The van der Waals surface area contributed by atoms with Crippen molar-refractivity contribution in [3.8, 4) is 0 Å². The maximum Gasteiger partial charge on any atom is 0.306 e. The lowest BCUT2D eigenvalue weighted by Gasteiger charge is -2.24. The third kappa shape index (κ3) is 5.05. The van der Waals surface area contributed by atoms with Gasteiger partial charge in [-0.25, -0.2) is 0 Å². The van der Waals surface area contributed by atoms with Crippen LogP contribution in [-0.4, -0.2) is 35.0 Å². The zero-order valence-electron chi connectivity index (χ0n) is 14.9. The summed E-state index contributed by atoms with van der Waals surface area (Å²) in [5.41, 5.74) is 1.57. The summed E-state index contributed by atoms with van der Waals surface area (Å²) in [5.74, 6) is -1.84. The molecule has 6 heteroatoms. The number of hydrogen-bond donors (Lipinski definition) is 3. The minimum atomic E-state index is -0.815. The number of nitrogens with one attached hydrogen (secondary N) is 2. The molecule has 3 N–H and O–H groups in total. The Balaban J connectivity index is 1.97. The van der Waals surface area contributed by atoms with Crippen molar-refractivity contribution in [3.05, 3.63) is 35.4 Å². The maximum absolute atomic E-state index is 12.6. The van der Waals surface area contributed by atoms with Crippen molar-refractivity contribution >= 4 is 17.8 Å². The molecular formula is C19H26N2O4. The van der Waals surface area contributed by atoms with E-state index in [2.05, 4.69) is 10.6 Å². The third-order valence-corrected chi connectivity index (χ3v) is 4.68. The summed E-state index contributed by atoms with van der Waals surface area (Å²) in [6.45, 7) is 5.68. The van der Waals surface area contributed by atoms with Gasteiger partial charge in [0.15, 0.2) is 0 Å². The summed E-state index contributed by atoms with van der Waals surface area (Å²) in [5, 5.41) is 14.7. The summed E-state index contributed by atoms with van der Waals surface area (Å²) in [6, 6.07) is 6.36. The van der Waals surface area contributed by atoms with Crippen LogP contribution < -0.4 is 10.6 Å². The number of aryl methyl sites for hydroxylation is 1. The van der Waals surface area contributed by atoms with Crippen LogP contribution in [0.25, 0.3) is 0 Å². The van der Waals surface area contributed by atoms with Gasteiger partial charge in [0.1, 0.15) is 6.04 Å². The molecule has 0 spiro atoms. The smallest absolute Gasteiger partial charge is 0.306 e. The average molecular weight is 346 g/mol. The molecular weight excluding hydrogens is 320 g/mol. The zero-order chi connectivity index (χ0) is 18.6. The van der Waals surface area contributed by atoms with Gasteiger partial charge in [-0.15, -0.1) is 0 Å². The van der Waals surface area contributed by atoms with Gasteiger partial charge < -0.3 is 15.7 Å². The van der Waals surface area contributed by atoms with Gasteiger partial charge in [-0.2, -0.15) is 0 Å². The van der Waals surface area contributed by atoms with Crippen molar-refractivity contribution < 1.29 is 19.5 Å². The Morgan fingerprint density at radius 3 is 2.28 bits per heavy atom. The lowest BCUT2D eigenvalue weighted by molar-refractivity contribution is -0.141. The van der Waals surface area contributed by atoms with Crippen LogP contribution in [0.1, 0.15) is 49.0 Å². The van der Waals surface area contributed by atoms with Crippen LogP contribution in [-0.2, 0) is 9.59 Å². The summed E-state index contributed by atoms with van der Waals surface area (Å²) in [7, 11) is 0. The fourth-order valence-electron chi connectivity index (χ4n) is 3.09. The van der Waals surface area contributed by atoms with E-state index in [9.17, 15) is 14.4 Å². The van der Waals surface area contributed by atoms with Crippen molar-refractivity contribution in [2.45, 2.75) is 52.1 Å². The van der Waals surface area contributed by atoms with E-state index in [1.807, 2.05) is 32.9 Å². The molecule has 1 aliphatic carbocycles. The molecule has 2 rings (SSSR count). The second-order valence-corrected chi connectivity index (χ2v) is 7.11. The van der Waals surface area contributed by atoms with Crippen LogP contribution in [0, 0.1) is 18.8 Å². The quantitative estimate of drug-likeness (QED) is 0.735. The first-order valence-electron chi connectivity index (χ1n) is 8.68. The number of carboxylic acid groups (broad SMARTS) is 1. The van der Waals surface area contributed by atoms with Crippen LogP contribution >= 0.6 is 0 Å². The molecule has 136 valence electrons. The molecule has 1 fully saturated rings. The lowest BCUT2D eigenvalue weighted by Crippen LogP contribution is -2.51. The highest BCUT2D eigenvalue weighted by molar-refractivity contribution is 5.97. The Kier molecular flexibility index (Phi) is 6.17. The number of carbonyl (C=O) groups excluding carboxylic acids is 2. The first-order valence-corrected chi connectivity index (χ1v) is 8.68. The Hall–Kier alpha value is -2.37. The highest BCUT2D eigenvalue weighted by atomic mass is 16.4. The molecule has 1 aromatic rings. The number of aliphatic carboxylic acids is 1. The van der Waals surface area contributed by atoms with Gasteiger partial charge in [-0.05, 0) is 44.2 Å². The molecule has 1 saturated carbocycles. The molecule has 2 amide bonds. The Bertz CT molecular complexity index is 639. The van der Waals surface area contributed by atoms with Gasteiger partial charge in [0.05, 0.1) is 5.92 Å². The van der Waals surface area contributed by atoms with Crippen molar-refractivity contribution in [1.29, 1.82) is 0 Å². The highest BCUT2D eigenvalue weighted by Gasteiger charge is 2.33. The van der Waals surface area contributed by atoms with Crippen LogP contribution in [0.15, 0.2) is 24.3 Å². The Labute approximate surface area is 148 Å². The van der Waals surface area contributed by atoms with Crippen molar-refractivity contribution in [3.63, 3.8) is 0 Å². The number of carbonyl (C=O) groups is 3. The van der Waals surface area contributed by atoms with E-state index >= 15 is 0 Å². The SMILES string of the molecule is Cc1ccc(C(=O)NC(C(=O)N[C@H]2CC[C@@H](C(=O)O)C2)C(C)C)cc1. The number of benzene rings is 1. The highest BCUT2D eigenvalue weighted by Crippen LogP contribution is 2.25. The van der Waals surface area contributed by atoms with Crippen LogP contribution in [0.2, 0.25) is 0 Å². The number of rotatable bonds is 6. The fraction of sp³-hybridized carbons (Fsp3) is 0.526. The predicted octanol–water partition coefficient (Wildman–Crippen LogP) is 2.12. The van der Waals surface area contributed by atoms with Gasteiger partial charge in [-0.3, -0.25) is 14.4 Å². The predicted molar refractivity (Wildman–Crippen MR) is 94.2 cm³/mol. The molecule has 0 saturated heterocycles.